The lowest BCUT2D eigenvalue weighted by atomic mass is 9.78. The number of rotatable bonds is 5. The van der Waals surface area contributed by atoms with Crippen LogP contribution in [0.1, 0.15) is 52.0 Å². The second kappa shape index (κ2) is 7.12. The van der Waals surface area contributed by atoms with Crippen LogP contribution in [-0.2, 0) is 6.42 Å². The van der Waals surface area contributed by atoms with Crippen LogP contribution in [0.5, 0.6) is 5.75 Å². The minimum Gasteiger partial charge on any atom is -0.508 e. The lowest BCUT2D eigenvalue weighted by Gasteiger charge is -2.36. The topological polar surface area (TPSA) is 32.3 Å². The van der Waals surface area contributed by atoms with Gasteiger partial charge in [0.15, 0.2) is 0 Å². The number of nitrogens with one attached hydrogen (secondary N) is 1. The first-order chi connectivity index (χ1) is 9.56. The van der Waals surface area contributed by atoms with E-state index in [0.717, 1.165) is 24.7 Å². The van der Waals surface area contributed by atoms with Crippen molar-refractivity contribution in [2.45, 2.75) is 65.0 Å². The molecule has 0 bridgehead atoms. The molecule has 0 unspecified atom stereocenters. The molecule has 112 valence electrons. The first-order valence-electron chi connectivity index (χ1n) is 8.10. The molecule has 0 aliphatic heterocycles. The molecule has 2 rings (SSSR count). The van der Waals surface area contributed by atoms with E-state index < -0.39 is 0 Å². The molecule has 0 aromatic heterocycles. The van der Waals surface area contributed by atoms with Gasteiger partial charge < -0.3 is 10.4 Å². The Labute approximate surface area is 123 Å². The molecule has 0 amide bonds. The van der Waals surface area contributed by atoms with Gasteiger partial charge in [0.2, 0.25) is 0 Å². The Hall–Kier alpha value is -1.02. The number of benzene rings is 1. The summed E-state index contributed by atoms with van der Waals surface area (Å²) in [6, 6.07) is 8.84. The summed E-state index contributed by atoms with van der Waals surface area (Å²) in [5.41, 5.74) is 1.31. The lowest BCUT2D eigenvalue weighted by molar-refractivity contribution is 0.194. The molecule has 1 aromatic carbocycles. The maximum absolute atomic E-state index is 9.29. The molecular weight excluding hydrogens is 246 g/mol. The monoisotopic (exact) mass is 275 g/mol. The zero-order valence-electron chi connectivity index (χ0n) is 13.1. The van der Waals surface area contributed by atoms with Gasteiger partial charge in [-0.25, -0.2) is 0 Å². The van der Waals surface area contributed by atoms with Crippen molar-refractivity contribution in [3.63, 3.8) is 0 Å². The molecule has 1 aromatic rings. The van der Waals surface area contributed by atoms with Crippen molar-refractivity contribution in [2.75, 3.05) is 0 Å². The van der Waals surface area contributed by atoms with Gasteiger partial charge in [0, 0.05) is 12.1 Å². The van der Waals surface area contributed by atoms with Crippen molar-refractivity contribution in [3.8, 4) is 5.75 Å². The van der Waals surface area contributed by atoms with Gasteiger partial charge in [-0.2, -0.15) is 0 Å². The molecule has 4 atom stereocenters. The van der Waals surface area contributed by atoms with Gasteiger partial charge >= 0.3 is 0 Å². The quantitative estimate of drug-likeness (QED) is 0.847. The summed E-state index contributed by atoms with van der Waals surface area (Å²) < 4.78 is 0. The van der Waals surface area contributed by atoms with Crippen LogP contribution in [0.2, 0.25) is 0 Å². The number of aromatic hydroxyl groups is 1. The van der Waals surface area contributed by atoms with Gasteiger partial charge in [-0.1, -0.05) is 38.8 Å². The Morgan fingerprint density at radius 2 is 1.90 bits per heavy atom. The maximum atomic E-state index is 9.29. The highest BCUT2D eigenvalue weighted by molar-refractivity contribution is 5.25. The van der Waals surface area contributed by atoms with Crippen molar-refractivity contribution < 1.29 is 5.11 Å². The van der Waals surface area contributed by atoms with Gasteiger partial charge in [-0.05, 0) is 55.7 Å². The third-order valence-corrected chi connectivity index (χ3v) is 5.01. The molecule has 2 heteroatoms. The van der Waals surface area contributed by atoms with Gasteiger partial charge in [0.1, 0.15) is 5.75 Å². The number of aryl methyl sites for hydroxylation is 1. The molecule has 1 aliphatic rings. The Kier molecular flexibility index (Phi) is 5.47. The van der Waals surface area contributed by atoms with E-state index in [0.29, 0.717) is 17.8 Å². The third-order valence-electron chi connectivity index (χ3n) is 5.01. The largest absolute Gasteiger partial charge is 0.508 e. The van der Waals surface area contributed by atoms with Gasteiger partial charge in [-0.3, -0.25) is 0 Å². The molecule has 0 radical (unpaired) electrons. The first-order valence-corrected chi connectivity index (χ1v) is 8.10. The SMILES string of the molecule is C[C@@H]1[C@@H](C)CCC[C@H]1N[C@@H](C)CCc1ccc(O)cc1. The normalized spacial score (nSPS) is 28.2. The van der Waals surface area contributed by atoms with E-state index in [-0.39, 0.29) is 0 Å². The lowest BCUT2D eigenvalue weighted by Crippen LogP contribution is -2.44. The Bertz CT molecular complexity index is 400. The van der Waals surface area contributed by atoms with E-state index in [2.05, 4.69) is 26.1 Å². The summed E-state index contributed by atoms with van der Waals surface area (Å²) in [4.78, 5) is 0. The fourth-order valence-corrected chi connectivity index (χ4v) is 3.31. The van der Waals surface area contributed by atoms with Crippen molar-refractivity contribution in [1.82, 2.24) is 5.32 Å². The van der Waals surface area contributed by atoms with E-state index in [4.69, 9.17) is 0 Å². The molecule has 1 saturated carbocycles. The molecule has 0 saturated heterocycles. The molecule has 2 nitrogen and oxygen atoms in total. The minimum absolute atomic E-state index is 0.352. The number of hydrogen-bond acceptors (Lipinski definition) is 2. The van der Waals surface area contributed by atoms with Crippen LogP contribution in [-0.4, -0.2) is 17.2 Å². The van der Waals surface area contributed by atoms with Crippen LogP contribution in [0.25, 0.3) is 0 Å². The standard InChI is InChI=1S/C18H29NO/c1-13-5-4-6-18(15(13)3)19-14(2)7-8-16-9-11-17(20)12-10-16/h9-15,18-20H,4-8H2,1-3H3/t13-,14-,15+,18+/m0/s1. The fourth-order valence-electron chi connectivity index (χ4n) is 3.31. The van der Waals surface area contributed by atoms with Crippen LogP contribution >= 0.6 is 0 Å². The third kappa shape index (κ3) is 4.24. The Balaban J connectivity index is 1.77. The first kappa shape index (κ1) is 15.4. The second-order valence-electron chi connectivity index (χ2n) is 6.65. The number of phenolic OH excluding ortho intramolecular Hbond substituents is 1. The summed E-state index contributed by atoms with van der Waals surface area (Å²) in [6.45, 7) is 7.08. The van der Waals surface area contributed by atoms with Crippen molar-refractivity contribution in [1.29, 1.82) is 0 Å². The van der Waals surface area contributed by atoms with E-state index in [1.807, 2.05) is 12.1 Å². The summed E-state index contributed by atoms with van der Waals surface area (Å²) >= 11 is 0. The fraction of sp³-hybridized carbons (Fsp3) is 0.667. The maximum Gasteiger partial charge on any atom is 0.115 e. The molecule has 20 heavy (non-hydrogen) atoms. The highest BCUT2D eigenvalue weighted by Crippen LogP contribution is 2.29. The average molecular weight is 275 g/mol. The summed E-state index contributed by atoms with van der Waals surface area (Å²) in [7, 11) is 0. The minimum atomic E-state index is 0.352. The van der Waals surface area contributed by atoms with E-state index in [1.165, 1.54) is 24.8 Å². The van der Waals surface area contributed by atoms with Gasteiger partial charge in [-0.15, -0.1) is 0 Å². The van der Waals surface area contributed by atoms with Crippen LogP contribution in [0.4, 0.5) is 0 Å². The van der Waals surface area contributed by atoms with Crippen LogP contribution in [0, 0.1) is 11.8 Å². The predicted octanol–water partition coefficient (Wildman–Crippen LogP) is 4.13. The Morgan fingerprint density at radius 1 is 1.20 bits per heavy atom. The summed E-state index contributed by atoms with van der Waals surface area (Å²) in [5.74, 6) is 2.00. The second-order valence-corrected chi connectivity index (χ2v) is 6.65. The zero-order valence-corrected chi connectivity index (χ0v) is 13.1. The van der Waals surface area contributed by atoms with E-state index in [1.54, 1.807) is 12.1 Å². The number of hydrogen-bond donors (Lipinski definition) is 2. The summed E-state index contributed by atoms with van der Waals surface area (Å²) in [6.07, 6.45) is 6.32. The van der Waals surface area contributed by atoms with Gasteiger partial charge in [0.25, 0.3) is 0 Å². The number of phenols is 1. The van der Waals surface area contributed by atoms with Gasteiger partial charge in [0.05, 0.1) is 0 Å². The van der Waals surface area contributed by atoms with Crippen molar-refractivity contribution >= 4 is 0 Å². The van der Waals surface area contributed by atoms with Crippen molar-refractivity contribution in [2.24, 2.45) is 11.8 Å². The Morgan fingerprint density at radius 3 is 2.60 bits per heavy atom. The predicted molar refractivity (Wildman–Crippen MR) is 85.0 cm³/mol. The van der Waals surface area contributed by atoms with E-state index >= 15 is 0 Å². The molecule has 1 fully saturated rings. The molecule has 1 aliphatic carbocycles. The van der Waals surface area contributed by atoms with Crippen LogP contribution < -0.4 is 5.32 Å². The molecule has 0 spiro atoms. The smallest absolute Gasteiger partial charge is 0.115 e. The molecule has 0 heterocycles. The summed E-state index contributed by atoms with van der Waals surface area (Å²) in [5, 5.41) is 13.1. The molecular formula is C18H29NO. The van der Waals surface area contributed by atoms with Crippen LogP contribution in [0.15, 0.2) is 24.3 Å². The van der Waals surface area contributed by atoms with Crippen LogP contribution in [0.3, 0.4) is 0 Å². The van der Waals surface area contributed by atoms with E-state index in [9.17, 15) is 5.11 Å². The van der Waals surface area contributed by atoms with Crippen molar-refractivity contribution in [3.05, 3.63) is 29.8 Å². The average Bonchev–Trinajstić information content (AvgIpc) is 2.43. The highest BCUT2D eigenvalue weighted by Gasteiger charge is 2.27. The molecule has 2 N–H and O–H groups in total. The highest BCUT2D eigenvalue weighted by atomic mass is 16.3. The zero-order chi connectivity index (χ0) is 14.5.